The number of esters is 1. The summed E-state index contributed by atoms with van der Waals surface area (Å²) in [5, 5.41) is 0. The highest BCUT2D eigenvalue weighted by Gasteiger charge is 2.31. The number of hydrogen-bond acceptors (Lipinski definition) is 8. The molecule has 10 heteroatoms. The van der Waals surface area contributed by atoms with Crippen LogP contribution in [0.5, 0.6) is 0 Å². The Balaban J connectivity index is 1.87. The van der Waals surface area contributed by atoms with Crippen molar-refractivity contribution in [1.29, 1.82) is 0 Å². The molecule has 0 saturated carbocycles. The Kier molecular flexibility index (Phi) is 10.9. The largest absolute Gasteiger partial charge is 0.454 e. The van der Waals surface area contributed by atoms with E-state index in [1.54, 1.807) is 77.8 Å². The van der Waals surface area contributed by atoms with Gasteiger partial charge in [-0.15, -0.1) is 0 Å². The van der Waals surface area contributed by atoms with Crippen LogP contribution in [0.25, 0.3) is 11.4 Å². The molecule has 0 aliphatic rings. The number of ether oxygens (including phenoxy) is 3. The van der Waals surface area contributed by atoms with E-state index < -0.39 is 35.5 Å². The van der Waals surface area contributed by atoms with Gasteiger partial charge >= 0.3 is 18.2 Å². The summed E-state index contributed by atoms with van der Waals surface area (Å²) in [4.78, 5) is 49.2. The van der Waals surface area contributed by atoms with Gasteiger partial charge in [0.2, 0.25) is 0 Å². The van der Waals surface area contributed by atoms with Gasteiger partial charge in [0.05, 0.1) is 11.3 Å². The van der Waals surface area contributed by atoms with Crippen molar-refractivity contribution in [3.63, 3.8) is 0 Å². The molecule has 43 heavy (non-hydrogen) atoms. The van der Waals surface area contributed by atoms with Crippen LogP contribution in [0.15, 0.2) is 73.3 Å². The smallest absolute Gasteiger partial charge is 0.419 e. The molecule has 0 spiro atoms. The van der Waals surface area contributed by atoms with Crippen LogP contribution in [0, 0.1) is 5.92 Å². The van der Waals surface area contributed by atoms with E-state index in [1.165, 1.54) is 0 Å². The number of carbonyl (C=O) groups excluding carboxylic acids is 3. The Labute approximate surface area is 253 Å². The summed E-state index contributed by atoms with van der Waals surface area (Å²) in [6.07, 6.45) is 4.93. The topological polar surface area (TPSA) is 113 Å². The van der Waals surface area contributed by atoms with Crippen molar-refractivity contribution in [2.45, 2.75) is 79.1 Å². The first-order valence-electron chi connectivity index (χ1n) is 14.3. The van der Waals surface area contributed by atoms with Gasteiger partial charge in [0, 0.05) is 18.9 Å². The lowest BCUT2D eigenvalue weighted by atomic mass is 10.0. The predicted octanol–water partition coefficient (Wildman–Crippen LogP) is 7.15. The average molecular weight is 591 g/mol. The summed E-state index contributed by atoms with van der Waals surface area (Å²) in [6, 6.07) is 14.9. The number of hydrogen-bond donors (Lipinski definition) is 0. The number of pyridine rings is 1. The van der Waals surface area contributed by atoms with Crippen molar-refractivity contribution in [1.82, 2.24) is 19.4 Å². The van der Waals surface area contributed by atoms with Gasteiger partial charge in [-0.25, -0.2) is 29.3 Å². The van der Waals surface area contributed by atoms with E-state index >= 15 is 0 Å². The molecule has 0 aliphatic carbocycles. The summed E-state index contributed by atoms with van der Waals surface area (Å²) >= 11 is 0. The molecule has 0 aliphatic heterocycles. The van der Waals surface area contributed by atoms with E-state index in [2.05, 4.69) is 9.97 Å². The molecule has 2 atom stereocenters. The Morgan fingerprint density at radius 1 is 0.884 bits per heavy atom. The number of aromatic nitrogens is 3. The second kappa shape index (κ2) is 14.1. The molecular weight excluding hydrogens is 548 g/mol. The van der Waals surface area contributed by atoms with Crippen molar-refractivity contribution < 1.29 is 28.6 Å². The molecule has 2 aromatic heterocycles. The third-order valence-corrected chi connectivity index (χ3v) is 6.03. The normalized spacial score (nSPS) is 13.5. The molecule has 0 radical (unpaired) electrons. The van der Waals surface area contributed by atoms with Gasteiger partial charge in [0.25, 0.3) is 0 Å². The van der Waals surface area contributed by atoms with Crippen molar-refractivity contribution in [2.75, 3.05) is 6.54 Å². The van der Waals surface area contributed by atoms with E-state index in [0.29, 0.717) is 17.9 Å². The van der Waals surface area contributed by atoms with Gasteiger partial charge in [-0.3, -0.25) is 4.57 Å². The molecule has 0 N–H and O–H groups in total. The van der Waals surface area contributed by atoms with E-state index in [-0.39, 0.29) is 18.0 Å². The maximum absolute atomic E-state index is 13.6. The second-order valence-corrected chi connectivity index (χ2v) is 12.3. The number of benzene rings is 1. The lowest BCUT2D eigenvalue weighted by molar-refractivity contribution is -0.141. The number of nitrogens with zero attached hydrogens (tertiary/aromatic N) is 4. The number of rotatable bonds is 9. The fourth-order valence-corrected chi connectivity index (χ4v) is 3.96. The molecule has 0 saturated heterocycles. The highest BCUT2D eigenvalue weighted by Crippen LogP contribution is 2.25. The van der Waals surface area contributed by atoms with E-state index in [1.807, 2.05) is 55.5 Å². The van der Waals surface area contributed by atoms with Crippen LogP contribution in [0.1, 0.15) is 79.2 Å². The number of amides is 2. The Morgan fingerprint density at radius 2 is 1.49 bits per heavy atom. The standard InChI is InChI=1S/C33H42N4O6/c1-23(17-19-37(30(39)42-32(3,4)5)31(40)43-33(6,7)8)20-26(29(38)41-24(2)25-14-10-9-11-15-25)27-21-36(22-35-27)28-16-12-13-18-34-28/h9-16,18,20-24H,17,19H2,1-8H3/t23?,24-/m1/s1. The zero-order chi connectivity index (χ0) is 31.8. The molecule has 2 heterocycles. The van der Waals surface area contributed by atoms with Crippen LogP contribution in [0.4, 0.5) is 9.59 Å². The summed E-state index contributed by atoms with van der Waals surface area (Å²) in [6.45, 7) is 14.0. The lowest BCUT2D eigenvalue weighted by Gasteiger charge is -2.29. The van der Waals surface area contributed by atoms with Crippen molar-refractivity contribution in [3.05, 3.63) is 84.6 Å². The highest BCUT2D eigenvalue weighted by molar-refractivity contribution is 6.15. The molecule has 3 aromatic rings. The summed E-state index contributed by atoms with van der Waals surface area (Å²) in [5.41, 5.74) is -0.0961. The van der Waals surface area contributed by atoms with Crippen molar-refractivity contribution in [3.8, 4) is 5.82 Å². The lowest BCUT2D eigenvalue weighted by Crippen LogP contribution is -2.44. The monoisotopic (exact) mass is 590 g/mol. The fourth-order valence-electron chi connectivity index (χ4n) is 3.96. The zero-order valence-electron chi connectivity index (χ0n) is 26.2. The second-order valence-electron chi connectivity index (χ2n) is 12.3. The SMILES string of the molecule is CC(C=C(C(=O)O[C@H](C)c1ccccc1)c1cn(-c2ccccn2)cn1)CCN(C(=O)OC(C)(C)C)C(=O)OC(C)(C)C. The predicted molar refractivity (Wildman–Crippen MR) is 163 cm³/mol. The van der Waals surface area contributed by atoms with E-state index in [9.17, 15) is 14.4 Å². The third kappa shape index (κ3) is 10.4. The summed E-state index contributed by atoms with van der Waals surface area (Å²) in [7, 11) is 0. The van der Waals surface area contributed by atoms with Crippen LogP contribution in [0.3, 0.4) is 0 Å². The molecule has 3 rings (SSSR count). The van der Waals surface area contributed by atoms with Crippen molar-refractivity contribution >= 4 is 23.7 Å². The van der Waals surface area contributed by atoms with Crippen LogP contribution >= 0.6 is 0 Å². The van der Waals surface area contributed by atoms with E-state index in [0.717, 1.165) is 10.5 Å². The van der Waals surface area contributed by atoms with Gasteiger partial charge in [-0.1, -0.05) is 49.4 Å². The third-order valence-electron chi connectivity index (χ3n) is 6.03. The summed E-state index contributed by atoms with van der Waals surface area (Å²) < 4.78 is 18.5. The van der Waals surface area contributed by atoms with Crippen LogP contribution in [-0.2, 0) is 19.0 Å². The number of carbonyl (C=O) groups is 3. The maximum Gasteiger partial charge on any atom is 0.419 e. The fraction of sp³-hybridized carbons (Fsp3) is 0.424. The van der Waals surface area contributed by atoms with Crippen LogP contribution < -0.4 is 0 Å². The quantitative estimate of drug-likeness (QED) is 0.147. The molecule has 0 bridgehead atoms. The van der Waals surface area contributed by atoms with E-state index in [4.69, 9.17) is 14.2 Å². The Bertz CT molecular complexity index is 1380. The number of allylic oxidation sites excluding steroid dienone is 1. The van der Waals surface area contributed by atoms with Gasteiger partial charge in [-0.05, 0) is 78.5 Å². The molecule has 2 amide bonds. The first-order valence-corrected chi connectivity index (χ1v) is 14.3. The van der Waals surface area contributed by atoms with Gasteiger partial charge in [0.1, 0.15) is 29.5 Å². The maximum atomic E-state index is 13.6. The minimum atomic E-state index is -0.804. The molecule has 1 unspecified atom stereocenters. The molecule has 0 fully saturated rings. The van der Waals surface area contributed by atoms with Crippen molar-refractivity contribution in [2.24, 2.45) is 5.92 Å². The molecule has 10 nitrogen and oxygen atoms in total. The van der Waals surface area contributed by atoms with Gasteiger partial charge in [-0.2, -0.15) is 0 Å². The summed E-state index contributed by atoms with van der Waals surface area (Å²) in [5.74, 6) is -0.183. The zero-order valence-corrected chi connectivity index (χ0v) is 26.2. The minimum Gasteiger partial charge on any atom is -0.454 e. The highest BCUT2D eigenvalue weighted by atomic mass is 16.6. The number of imide groups is 1. The molecular formula is C33H42N4O6. The molecule has 1 aromatic carbocycles. The Hall–Kier alpha value is -4.47. The number of imidazole rings is 1. The first kappa shape index (κ1) is 33.0. The first-order chi connectivity index (χ1) is 20.1. The van der Waals surface area contributed by atoms with Crippen LogP contribution in [0.2, 0.25) is 0 Å². The minimum absolute atomic E-state index is 0.00656. The average Bonchev–Trinajstić information content (AvgIpc) is 3.41. The molecule has 230 valence electrons. The van der Waals surface area contributed by atoms with Gasteiger partial charge < -0.3 is 14.2 Å². The van der Waals surface area contributed by atoms with Gasteiger partial charge in [0.15, 0.2) is 0 Å². The Morgan fingerprint density at radius 3 is 2.05 bits per heavy atom. The van der Waals surface area contributed by atoms with Crippen LogP contribution in [-0.4, -0.2) is 55.3 Å².